The Morgan fingerprint density at radius 3 is 1.78 bits per heavy atom. The van der Waals surface area contributed by atoms with Crippen LogP contribution < -0.4 is 14.8 Å². The van der Waals surface area contributed by atoms with Crippen molar-refractivity contribution in [1.29, 1.82) is 0 Å². The number of ether oxygens (including phenoxy) is 2. The summed E-state index contributed by atoms with van der Waals surface area (Å²) in [7, 11) is 0. The lowest BCUT2D eigenvalue weighted by atomic mass is 9.94. The molecule has 0 fully saturated rings. The standard InChI is InChI=1S/C31H33NO3.ClH/c1-23(2)32-20-28(33)27-18-19-29(34-21-24-12-6-3-7-13-24)31(30(27)26-16-10-5-11-17-26)35-22-25-14-8-4-9-15-25;/h3-19,23,28,32-33H,20-22H2,1-2H3;1H. The fraction of sp³-hybridized carbons (Fsp3) is 0.226. The van der Waals surface area contributed by atoms with E-state index < -0.39 is 6.10 Å². The van der Waals surface area contributed by atoms with Crippen LogP contribution in [0.5, 0.6) is 11.5 Å². The smallest absolute Gasteiger partial charge is 0.169 e. The summed E-state index contributed by atoms with van der Waals surface area (Å²) in [5.74, 6) is 1.29. The van der Waals surface area contributed by atoms with E-state index in [1.54, 1.807) is 0 Å². The lowest BCUT2D eigenvalue weighted by molar-refractivity contribution is 0.171. The van der Waals surface area contributed by atoms with Gasteiger partial charge in [-0.05, 0) is 28.3 Å². The lowest BCUT2D eigenvalue weighted by Gasteiger charge is -2.23. The minimum atomic E-state index is -0.699. The monoisotopic (exact) mass is 503 g/mol. The van der Waals surface area contributed by atoms with E-state index in [4.69, 9.17) is 9.47 Å². The van der Waals surface area contributed by atoms with E-state index in [2.05, 4.69) is 19.2 Å². The maximum absolute atomic E-state index is 11.2. The zero-order valence-electron chi connectivity index (χ0n) is 20.8. The molecule has 0 bridgehead atoms. The van der Waals surface area contributed by atoms with Crippen LogP contribution in [0.4, 0.5) is 0 Å². The highest BCUT2D eigenvalue weighted by Crippen LogP contribution is 2.43. The van der Waals surface area contributed by atoms with Crippen molar-refractivity contribution in [2.24, 2.45) is 0 Å². The molecule has 4 aromatic rings. The van der Waals surface area contributed by atoms with Crippen LogP contribution in [-0.4, -0.2) is 17.7 Å². The van der Waals surface area contributed by atoms with Gasteiger partial charge in [-0.25, -0.2) is 0 Å². The summed E-state index contributed by atoms with van der Waals surface area (Å²) < 4.78 is 12.7. The summed E-state index contributed by atoms with van der Waals surface area (Å²) in [4.78, 5) is 0. The van der Waals surface area contributed by atoms with Crippen LogP contribution in [0.1, 0.15) is 36.6 Å². The second-order valence-electron chi connectivity index (χ2n) is 8.85. The number of aliphatic hydroxyl groups is 1. The molecule has 0 heterocycles. The molecule has 0 aliphatic carbocycles. The molecule has 0 aliphatic heterocycles. The van der Waals surface area contributed by atoms with Crippen LogP contribution in [-0.2, 0) is 13.2 Å². The fourth-order valence-electron chi connectivity index (χ4n) is 3.94. The van der Waals surface area contributed by atoms with Crippen molar-refractivity contribution in [2.75, 3.05) is 6.54 Å². The number of halogens is 1. The van der Waals surface area contributed by atoms with Gasteiger partial charge in [0.15, 0.2) is 11.5 Å². The summed E-state index contributed by atoms with van der Waals surface area (Å²) >= 11 is 0. The molecule has 0 spiro atoms. The molecule has 4 rings (SSSR count). The van der Waals surface area contributed by atoms with Gasteiger partial charge in [0, 0.05) is 18.2 Å². The number of aliphatic hydroxyl groups excluding tert-OH is 1. The van der Waals surface area contributed by atoms with Crippen LogP contribution >= 0.6 is 12.4 Å². The molecular formula is C31H34ClNO3. The Morgan fingerprint density at radius 2 is 1.22 bits per heavy atom. The molecular weight excluding hydrogens is 470 g/mol. The molecule has 4 aromatic carbocycles. The maximum Gasteiger partial charge on any atom is 0.169 e. The van der Waals surface area contributed by atoms with Gasteiger partial charge in [-0.3, -0.25) is 0 Å². The molecule has 0 radical (unpaired) electrons. The molecule has 4 nitrogen and oxygen atoms in total. The van der Waals surface area contributed by atoms with E-state index >= 15 is 0 Å². The topological polar surface area (TPSA) is 50.7 Å². The van der Waals surface area contributed by atoms with Crippen molar-refractivity contribution >= 4 is 12.4 Å². The molecule has 0 aromatic heterocycles. The normalized spacial score (nSPS) is 11.6. The van der Waals surface area contributed by atoms with E-state index in [9.17, 15) is 5.11 Å². The van der Waals surface area contributed by atoms with Crippen molar-refractivity contribution in [3.05, 3.63) is 120 Å². The Labute approximate surface area is 220 Å². The second kappa shape index (κ2) is 13.7. The van der Waals surface area contributed by atoms with Gasteiger partial charge in [0.2, 0.25) is 0 Å². The van der Waals surface area contributed by atoms with Crippen LogP contribution in [0.3, 0.4) is 0 Å². The van der Waals surface area contributed by atoms with Gasteiger partial charge < -0.3 is 19.9 Å². The highest BCUT2D eigenvalue weighted by molar-refractivity contribution is 5.85. The van der Waals surface area contributed by atoms with E-state index in [1.807, 2.05) is 103 Å². The van der Waals surface area contributed by atoms with E-state index in [0.29, 0.717) is 31.3 Å². The molecule has 1 unspecified atom stereocenters. The Bertz CT molecular complexity index is 1180. The number of benzene rings is 4. The molecule has 5 heteroatoms. The van der Waals surface area contributed by atoms with Gasteiger partial charge in [0.05, 0.1) is 6.10 Å². The first-order valence-corrected chi connectivity index (χ1v) is 12.1. The number of rotatable bonds is 11. The van der Waals surface area contributed by atoms with Gasteiger partial charge in [-0.2, -0.15) is 0 Å². The third kappa shape index (κ3) is 7.34. The largest absolute Gasteiger partial charge is 0.485 e. The van der Waals surface area contributed by atoms with E-state index in [0.717, 1.165) is 27.8 Å². The zero-order chi connectivity index (χ0) is 24.5. The maximum atomic E-state index is 11.2. The molecule has 1 atom stereocenters. The minimum absolute atomic E-state index is 0. The summed E-state index contributed by atoms with van der Waals surface area (Å²) in [6, 6.07) is 34.3. The lowest BCUT2D eigenvalue weighted by Crippen LogP contribution is -2.28. The van der Waals surface area contributed by atoms with Crippen molar-refractivity contribution in [3.63, 3.8) is 0 Å². The van der Waals surface area contributed by atoms with Gasteiger partial charge in [-0.1, -0.05) is 111 Å². The quantitative estimate of drug-likeness (QED) is 0.232. The SMILES string of the molecule is CC(C)NCC(O)c1ccc(OCc2ccccc2)c(OCc2ccccc2)c1-c1ccccc1.Cl. The van der Waals surface area contributed by atoms with Crippen LogP contribution in [0, 0.1) is 0 Å². The summed E-state index contributed by atoms with van der Waals surface area (Å²) in [5.41, 5.74) is 4.77. The predicted molar refractivity (Wildman–Crippen MR) is 149 cm³/mol. The third-order valence-corrected chi connectivity index (χ3v) is 5.76. The highest BCUT2D eigenvalue weighted by Gasteiger charge is 2.22. The summed E-state index contributed by atoms with van der Waals surface area (Å²) in [5, 5.41) is 14.5. The third-order valence-electron chi connectivity index (χ3n) is 5.76. The average molecular weight is 504 g/mol. The Morgan fingerprint density at radius 1 is 0.694 bits per heavy atom. The zero-order valence-corrected chi connectivity index (χ0v) is 21.6. The van der Waals surface area contributed by atoms with Gasteiger partial charge in [-0.15, -0.1) is 12.4 Å². The Balaban J connectivity index is 0.00000361. The first-order chi connectivity index (χ1) is 17.1. The van der Waals surface area contributed by atoms with Crippen molar-refractivity contribution in [1.82, 2.24) is 5.32 Å². The van der Waals surface area contributed by atoms with Crippen molar-refractivity contribution in [3.8, 4) is 22.6 Å². The number of hydrogen-bond donors (Lipinski definition) is 2. The summed E-state index contributed by atoms with van der Waals surface area (Å²) in [6.07, 6.45) is -0.699. The molecule has 0 saturated heterocycles. The predicted octanol–water partition coefficient (Wildman–Crippen LogP) is 6.96. The molecule has 0 amide bonds. The molecule has 36 heavy (non-hydrogen) atoms. The first-order valence-electron chi connectivity index (χ1n) is 12.1. The van der Waals surface area contributed by atoms with Crippen molar-refractivity contribution < 1.29 is 14.6 Å². The van der Waals surface area contributed by atoms with Crippen LogP contribution in [0.15, 0.2) is 103 Å². The van der Waals surface area contributed by atoms with Gasteiger partial charge in [0.1, 0.15) is 13.2 Å². The molecule has 2 N–H and O–H groups in total. The number of nitrogens with one attached hydrogen (secondary N) is 1. The molecule has 188 valence electrons. The Hall–Kier alpha value is -3.31. The van der Waals surface area contributed by atoms with Gasteiger partial charge in [0.25, 0.3) is 0 Å². The number of hydrogen-bond acceptors (Lipinski definition) is 4. The molecule has 0 aliphatic rings. The van der Waals surface area contributed by atoms with Crippen LogP contribution in [0.25, 0.3) is 11.1 Å². The van der Waals surface area contributed by atoms with Crippen molar-refractivity contribution in [2.45, 2.75) is 39.2 Å². The van der Waals surface area contributed by atoms with Gasteiger partial charge >= 0.3 is 0 Å². The van der Waals surface area contributed by atoms with E-state index in [1.165, 1.54) is 0 Å². The van der Waals surface area contributed by atoms with Crippen LogP contribution in [0.2, 0.25) is 0 Å². The molecule has 0 saturated carbocycles. The average Bonchev–Trinajstić information content (AvgIpc) is 2.90. The highest BCUT2D eigenvalue weighted by atomic mass is 35.5. The minimum Gasteiger partial charge on any atom is -0.485 e. The Kier molecular flexibility index (Phi) is 10.4. The second-order valence-corrected chi connectivity index (χ2v) is 8.85. The first kappa shape index (κ1) is 27.3. The fourth-order valence-corrected chi connectivity index (χ4v) is 3.94. The summed E-state index contributed by atoms with van der Waals surface area (Å²) in [6.45, 7) is 5.40. The van der Waals surface area contributed by atoms with E-state index in [-0.39, 0.29) is 18.4 Å².